The third kappa shape index (κ3) is 4.02. The molecule has 0 aromatic heterocycles. The number of hydrogen-bond donors (Lipinski definition) is 1. The van der Waals surface area contributed by atoms with Crippen molar-refractivity contribution in [2.24, 2.45) is 22.7 Å². The molecule has 0 amide bonds. The van der Waals surface area contributed by atoms with Gasteiger partial charge in [0, 0.05) is 19.3 Å². The van der Waals surface area contributed by atoms with Gasteiger partial charge in [-0.1, -0.05) is 45.4 Å². The van der Waals surface area contributed by atoms with Crippen molar-refractivity contribution in [3.8, 4) is 0 Å². The second kappa shape index (κ2) is 6.90. The van der Waals surface area contributed by atoms with Crippen LogP contribution in [0.1, 0.15) is 73.1 Å². The van der Waals surface area contributed by atoms with Crippen LogP contribution in [0.15, 0.2) is 24.8 Å². The SMILES string of the molecule is C=C[C@@](C)(O)CC[C@H]1C(=C)C[C@@H](OC(C)=O)[C@@H]2C(C)(C)CCC[C@]21C. The zero-order valence-corrected chi connectivity index (χ0v) is 16.7. The lowest BCUT2D eigenvalue weighted by molar-refractivity contribution is -0.171. The number of fused-ring (bicyclic) bond motifs is 1. The normalized spacial score (nSPS) is 36.9. The molecule has 25 heavy (non-hydrogen) atoms. The van der Waals surface area contributed by atoms with E-state index in [1.54, 1.807) is 6.08 Å². The van der Waals surface area contributed by atoms with Gasteiger partial charge in [-0.3, -0.25) is 4.79 Å². The third-order valence-corrected chi connectivity index (χ3v) is 6.91. The van der Waals surface area contributed by atoms with Crippen LogP contribution in [0, 0.1) is 22.7 Å². The Bertz CT molecular complexity index is 545. The molecule has 5 atom stereocenters. The van der Waals surface area contributed by atoms with Crippen LogP contribution in [-0.4, -0.2) is 22.8 Å². The zero-order chi connectivity index (χ0) is 19.0. The molecule has 0 aliphatic heterocycles. The number of carbonyl (C=O) groups is 1. The highest BCUT2D eigenvalue weighted by Crippen LogP contribution is 2.62. The van der Waals surface area contributed by atoms with E-state index in [2.05, 4.69) is 33.9 Å². The first kappa shape index (κ1) is 20.2. The van der Waals surface area contributed by atoms with Crippen LogP contribution in [0.3, 0.4) is 0 Å². The van der Waals surface area contributed by atoms with Crippen LogP contribution in [-0.2, 0) is 9.53 Å². The van der Waals surface area contributed by atoms with Crippen molar-refractivity contribution in [1.82, 2.24) is 0 Å². The second-order valence-corrected chi connectivity index (χ2v) is 9.49. The summed E-state index contributed by atoms with van der Waals surface area (Å²) in [7, 11) is 0. The Balaban J connectivity index is 2.35. The third-order valence-electron chi connectivity index (χ3n) is 6.91. The summed E-state index contributed by atoms with van der Waals surface area (Å²) in [4.78, 5) is 11.7. The Morgan fingerprint density at radius 2 is 2.04 bits per heavy atom. The first-order chi connectivity index (χ1) is 11.4. The average molecular weight is 349 g/mol. The maximum atomic E-state index is 11.7. The number of ether oxygens (including phenoxy) is 1. The summed E-state index contributed by atoms with van der Waals surface area (Å²) in [6, 6.07) is 0. The molecule has 2 aliphatic rings. The van der Waals surface area contributed by atoms with E-state index in [9.17, 15) is 9.90 Å². The molecule has 142 valence electrons. The Labute approximate surface area is 153 Å². The van der Waals surface area contributed by atoms with Gasteiger partial charge in [-0.2, -0.15) is 0 Å². The fourth-order valence-corrected chi connectivity index (χ4v) is 5.83. The second-order valence-electron chi connectivity index (χ2n) is 9.49. The zero-order valence-electron chi connectivity index (χ0n) is 16.7. The monoisotopic (exact) mass is 348 g/mol. The molecule has 0 aromatic rings. The van der Waals surface area contributed by atoms with Crippen LogP contribution in [0.4, 0.5) is 0 Å². The maximum Gasteiger partial charge on any atom is 0.302 e. The van der Waals surface area contributed by atoms with E-state index in [-0.39, 0.29) is 22.9 Å². The van der Waals surface area contributed by atoms with Gasteiger partial charge < -0.3 is 9.84 Å². The van der Waals surface area contributed by atoms with Crippen molar-refractivity contribution >= 4 is 5.97 Å². The molecule has 3 heteroatoms. The lowest BCUT2D eigenvalue weighted by Crippen LogP contribution is -2.56. The van der Waals surface area contributed by atoms with E-state index >= 15 is 0 Å². The maximum absolute atomic E-state index is 11.7. The van der Waals surface area contributed by atoms with Gasteiger partial charge in [-0.25, -0.2) is 0 Å². The van der Waals surface area contributed by atoms with E-state index in [0.29, 0.717) is 18.3 Å². The van der Waals surface area contributed by atoms with Crippen LogP contribution in [0.5, 0.6) is 0 Å². The quantitative estimate of drug-likeness (QED) is 0.559. The molecule has 0 radical (unpaired) electrons. The van der Waals surface area contributed by atoms with Gasteiger partial charge >= 0.3 is 5.97 Å². The van der Waals surface area contributed by atoms with Crippen molar-refractivity contribution in [2.75, 3.05) is 0 Å². The highest BCUT2D eigenvalue weighted by atomic mass is 16.5. The van der Waals surface area contributed by atoms with E-state index < -0.39 is 5.60 Å². The molecule has 2 saturated carbocycles. The number of hydrogen-bond acceptors (Lipinski definition) is 3. The largest absolute Gasteiger partial charge is 0.462 e. The van der Waals surface area contributed by atoms with Crippen molar-refractivity contribution < 1.29 is 14.6 Å². The van der Waals surface area contributed by atoms with Gasteiger partial charge in [-0.05, 0) is 49.4 Å². The predicted octanol–water partition coefficient (Wildman–Crippen LogP) is 5.04. The predicted molar refractivity (Wildman–Crippen MR) is 102 cm³/mol. The first-order valence-corrected chi connectivity index (χ1v) is 9.64. The number of carbonyl (C=O) groups excluding carboxylic acids is 1. The van der Waals surface area contributed by atoms with E-state index in [1.165, 1.54) is 18.9 Å². The summed E-state index contributed by atoms with van der Waals surface area (Å²) < 4.78 is 5.78. The minimum atomic E-state index is -0.844. The summed E-state index contributed by atoms with van der Waals surface area (Å²) in [6.07, 6.45) is 7.34. The van der Waals surface area contributed by atoms with Gasteiger partial charge in [-0.15, -0.1) is 6.58 Å². The van der Waals surface area contributed by atoms with Gasteiger partial charge in [0.15, 0.2) is 0 Å². The lowest BCUT2D eigenvalue weighted by atomic mass is 9.46. The van der Waals surface area contributed by atoms with Gasteiger partial charge in [0.1, 0.15) is 6.10 Å². The standard InChI is InChI=1S/C22H36O3/c1-8-21(6,24)13-10-17-15(2)14-18(25-16(3)23)19-20(4,5)11-9-12-22(17,19)7/h8,17-19,24H,1-2,9-14H2,3-7H3/t17-,18+,19+,21+,22-/m0/s1. The Morgan fingerprint density at radius 3 is 2.60 bits per heavy atom. The topological polar surface area (TPSA) is 46.5 Å². The lowest BCUT2D eigenvalue weighted by Gasteiger charge is -2.60. The van der Waals surface area contributed by atoms with Crippen molar-refractivity contribution in [3.63, 3.8) is 0 Å². The molecule has 0 bridgehead atoms. The van der Waals surface area contributed by atoms with Crippen LogP contribution < -0.4 is 0 Å². The Kier molecular flexibility index (Phi) is 5.59. The summed E-state index contributed by atoms with van der Waals surface area (Å²) in [5.74, 6) is 0.465. The van der Waals surface area contributed by atoms with E-state index in [1.807, 2.05) is 6.92 Å². The number of esters is 1. The smallest absolute Gasteiger partial charge is 0.302 e. The Hall–Kier alpha value is -1.09. The van der Waals surface area contributed by atoms with Crippen LogP contribution >= 0.6 is 0 Å². The number of aliphatic hydroxyl groups is 1. The van der Waals surface area contributed by atoms with Crippen molar-refractivity contribution in [2.45, 2.75) is 84.8 Å². The summed E-state index contributed by atoms with van der Waals surface area (Å²) >= 11 is 0. The molecule has 2 fully saturated rings. The molecular weight excluding hydrogens is 312 g/mol. The minimum Gasteiger partial charge on any atom is -0.462 e. The molecule has 0 aromatic carbocycles. The van der Waals surface area contributed by atoms with Gasteiger partial charge in [0.2, 0.25) is 0 Å². The van der Waals surface area contributed by atoms with Crippen molar-refractivity contribution in [3.05, 3.63) is 24.8 Å². The summed E-state index contributed by atoms with van der Waals surface area (Å²) in [5.41, 5.74) is 0.507. The van der Waals surface area contributed by atoms with Gasteiger partial charge in [0.05, 0.1) is 5.60 Å². The molecule has 2 rings (SSSR count). The highest BCUT2D eigenvalue weighted by Gasteiger charge is 2.57. The Morgan fingerprint density at radius 1 is 1.40 bits per heavy atom. The molecule has 2 aliphatic carbocycles. The summed E-state index contributed by atoms with van der Waals surface area (Å²) in [6.45, 7) is 18.4. The molecule has 0 unspecified atom stereocenters. The van der Waals surface area contributed by atoms with Gasteiger partial charge in [0.25, 0.3) is 0 Å². The first-order valence-electron chi connectivity index (χ1n) is 9.64. The van der Waals surface area contributed by atoms with E-state index in [4.69, 9.17) is 4.74 Å². The molecule has 0 heterocycles. The average Bonchev–Trinajstić information content (AvgIpc) is 2.44. The van der Waals surface area contributed by atoms with Crippen LogP contribution in [0.2, 0.25) is 0 Å². The summed E-state index contributed by atoms with van der Waals surface area (Å²) in [5, 5.41) is 10.4. The fraction of sp³-hybridized carbons (Fsp3) is 0.773. The molecule has 1 N–H and O–H groups in total. The molecule has 0 saturated heterocycles. The highest BCUT2D eigenvalue weighted by molar-refractivity contribution is 5.66. The molecule has 0 spiro atoms. The fourth-order valence-electron chi connectivity index (χ4n) is 5.83. The minimum absolute atomic E-state index is 0.0500. The van der Waals surface area contributed by atoms with Crippen LogP contribution in [0.25, 0.3) is 0 Å². The molecule has 3 nitrogen and oxygen atoms in total. The number of rotatable bonds is 5. The van der Waals surface area contributed by atoms with E-state index in [0.717, 1.165) is 25.7 Å². The van der Waals surface area contributed by atoms with Crippen molar-refractivity contribution in [1.29, 1.82) is 0 Å². The molecular formula is C22H36O3.